The molecule has 0 N–H and O–H groups in total. The lowest BCUT2D eigenvalue weighted by Crippen LogP contribution is -2.40. The first kappa shape index (κ1) is 18.6. The van der Waals surface area contributed by atoms with Gasteiger partial charge in [-0.25, -0.2) is 8.42 Å². The number of anilines is 1. The highest BCUT2D eigenvalue weighted by Crippen LogP contribution is 2.35. The van der Waals surface area contributed by atoms with Gasteiger partial charge in [0.1, 0.15) is 5.75 Å². The Balaban J connectivity index is 1.37. The summed E-state index contributed by atoms with van der Waals surface area (Å²) in [6.07, 6.45) is 3.62. The minimum absolute atomic E-state index is 0.0633. The van der Waals surface area contributed by atoms with Crippen LogP contribution >= 0.6 is 0 Å². The molecule has 2 aromatic carbocycles. The molecule has 1 atom stereocenters. The Morgan fingerprint density at radius 2 is 1.76 bits per heavy atom. The van der Waals surface area contributed by atoms with E-state index in [0.717, 1.165) is 41.8 Å². The number of hydrogen-bond donors (Lipinski definition) is 0. The van der Waals surface area contributed by atoms with Crippen molar-refractivity contribution in [3.05, 3.63) is 53.6 Å². The smallest absolute Gasteiger partial charge is 0.268 e. The van der Waals surface area contributed by atoms with Gasteiger partial charge in [-0.05, 0) is 54.7 Å². The highest BCUT2D eigenvalue weighted by Gasteiger charge is 2.36. The molecule has 1 amide bonds. The Morgan fingerprint density at radius 1 is 0.966 bits per heavy atom. The third-order valence-corrected chi connectivity index (χ3v) is 7.98. The van der Waals surface area contributed by atoms with E-state index in [2.05, 4.69) is 0 Å². The van der Waals surface area contributed by atoms with Gasteiger partial charge in [-0.3, -0.25) is 4.79 Å². The van der Waals surface area contributed by atoms with Crippen LogP contribution in [0.1, 0.15) is 30.4 Å². The highest BCUT2D eigenvalue weighted by molar-refractivity contribution is 7.89. The van der Waals surface area contributed by atoms with Crippen molar-refractivity contribution in [2.45, 2.75) is 43.1 Å². The molecule has 0 saturated carbocycles. The first-order valence-electron chi connectivity index (χ1n) is 10.2. The van der Waals surface area contributed by atoms with Crippen LogP contribution in [0.3, 0.4) is 0 Å². The maximum Gasteiger partial charge on any atom is 0.268 e. The van der Waals surface area contributed by atoms with Crippen LogP contribution in [0.15, 0.2) is 47.4 Å². The summed E-state index contributed by atoms with van der Waals surface area (Å²) in [4.78, 5) is 15.2. The number of sulfonamides is 1. The fraction of sp³-hybridized carbons (Fsp3) is 0.409. The van der Waals surface area contributed by atoms with Gasteiger partial charge in [0, 0.05) is 31.7 Å². The van der Waals surface area contributed by atoms with Gasteiger partial charge in [0.25, 0.3) is 5.91 Å². The number of benzene rings is 2. The third-order valence-electron chi connectivity index (χ3n) is 6.09. The van der Waals surface area contributed by atoms with Crippen LogP contribution in [0.2, 0.25) is 0 Å². The number of para-hydroxylation sites is 1. The molecule has 3 heterocycles. The zero-order valence-corrected chi connectivity index (χ0v) is 17.0. The first-order chi connectivity index (χ1) is 14.0. The fourth-order valence-corrected chi connectivity index (χ4v) is 6.08. The molecule has 3 aliphatic heterocycles. The monoisotopic (exact) mass is 412 g/mol. The van der Waals surface area contributed by atoms with Crippen LogP contribution in [-0.2, 0) is 27.7 Å². The lowest BCUT2D eigenvalue weighted by molar-refractivity contribution is -0.124. The molecule has 1 fully saturated rings. The van der Waals surface area contributed by atoms with Gasteiger partial charge >= 0.3 is 0 Å². The van der Waals surface area contributed by atoms with E-state index in [-0.39, 0.29) is 5.91 Å². The number of piperidine rings is 1. The summed E-state index contributed by atoms with van der Waals surface area (Å²) in [6, 6.07) is 12.9. The van der Waals surface area contributed by atoms with Gasteiger partial charge in [0.2, 0.25) is 10.0 Å². The van der Waals surface area contributed by atoms with E-state index in [4.69, 9.17) is 4.74 Å². The van der Waals surface area contributed by atoms with Crippen LogP contribution in [0, 0.1) is 0 Å². The number of nitrogens with zero attached hydrogens (tertiary/aromatic N) is 2. The minimum Gasteiger partial charge on any atom is -0.480 e. The van der Waals surface area contributed by atoms with Crippen molar-refractivity contribution in [1.82, 2.24) is 4.31 Å². The second kappa shape index (κ2) is 7.15. The normalized spacial score (nSPS) is 21.5. The zero-order chi connectivity index (χ0) is 20.0. The average molecular weight is 413 g/mol. The van der Waals surface area contributed by atoms with Crippen LogP contribution in [0.25, 0.3) is 0 Å². The largest absolute Gasteiger partial charge is 0.480 e. The Morgan fingerprint density at radius 3 is 2.55 bits per heavy atom. The van der Waals surface area contributed by atoms with Crippen LogP contribution in [-0.4, -0.2) is 44.4 Å². The minimum atomic E-state index is -3.47. The molecular weight excluding hydrogens is 388 g/mol. The van der Waals surface area contributed by atoms with Crippen LogP contribution in [0.5, 0.6) is 5.75 Å². The Labute approximate surface area is 171 Å². The Bertz CT molecular complexity index is 1040. The van der Waals surface area contributed by atoms with E-state index < -0.39 is 16.1 Å². The van der Waals surface area contributed by atoms with Crippen LogP contribution < -0.4 is 9.64 Å². The Kier molecular flexibility index (Phi) is 4.59. The van der Waals surface area contributed by atoms with E-state index in [1.807, 2.05) is 24.3 Å². The number of carbonyl (C=O) groups excluding carboxylic acids is 1. The van der Waals surface area contributed by atoms with Crippen molar-refractivity contribution in [2.24, 2.45) is 0 Å². The van der Waals surface area contributed by atoms with Gasteiger partial charge in [-0.15, -0.1) is 0 Å². The second-order valence-corrected chi connectivity index (χ2v) is 9.85. The molecule has 0 spiro atoms. The first-order valence-corrected chi connectivity index (χ1v) is 11.7. The third kappa shape index (κ3) is 3.22. The molecule has 3 aliphatic rings. The second-order valence-electron chi connectivity index (χ2n) is 7.91. The lowest BCUT2D eigenvalue weighted by Gasteiger charge is -2.26. The van der Waals surface area contributed by atoms with Crippen molar-refractivity contribution in [3.63, 3.8) is 0 Å². The predicted octanol–water partition coefficient (Wildman–Crippen LogP) is 2.75. The molecule has 0 bridgehead atoms. The topological polar surface area (TPSA) is 66.9 Å². The molecule has 29 heavy (non-hydrogen) atoms. The highest BCUT2D eigenvalue weighted by atomic mass is 32.2. The molecule has 5 rings (SSSR count). The van der Waals surface area contributed by atoms with E-state index in [0.29, 0.717) is 37.4 Å². The van der Waals surface area contributed by atoms with E-state index >= 15 is 0 Å². The summed E-state index contributed by atoms with van der Waals surface area (Å²) < 4.78 is 33.4. The van der Waals surface area contributed by atoms with E-state index in [9.17, 15) is 13.2 Å². The van der Waals surface area contributed by atoms with Crippen LogP contribution in [0.4, 0.5) is 5.69 Å². The molecule has 2 aromatic rings. The molecular formula is C22H24N2O4S. The molecule has 7 heteroatoms. The summed E-state index contributed by atoms with van der Waals surface area (Å²) in [6.45, 7) is 1.73. The van der Waals surface area contributed by atoms with Crippen molar-refractivity contribution in [1.29, 1.82) is 0 Å². The van der Waals surface area contributed by atoms with Gasteiger partial charge in [0.05, 0.1) is 4.90 Å². The number of amides is 1. The van der Waals surface area contributed by atoms with E-state index in [1.165, 1.54) is 0 Å². The zero-order valence-electron chi connectivity index (χ0n) is 16.2. The van der Waals surface area contributed by atoms with Gasteiger partial charge in [0.15, 0.2) is 6.10 Å². The summed E-state index contributed by atoms with van der Waals surface area (Å²) in [5, 5.41) is 0. The molecule has 152 valence electrons. The number of carbonyl (C=O) groups is 1. The molecule has 0 unspecified atom stereocenters. The van der Waals surface area contributed by atoms with Gasteiger partial charge in [-0.1, -0.05) is 24.6 Å². The SMILES string of the molecule is O=C([C@@H]1Cc2ccccc2O1)N1CCc2cc(S(=O)(=O)N3CCCCC3)ccc21. The standard InChI is InChI=1S/C22H24N2O4S/c25-22(21-15-17-6-2-3-7-20(17)28-21)24-13-10-16-14-18(8-9-19(16)24)29(26,27)23-11-4-1-5-12-23/h2-3,6-9,14,21H,1,4-5,10-13,15H2/t21-/m0/s1. The maximum absolute atomic E-state index is 13.1. The fourth-order valence-electron chi connectivity index (χ4n) is 4.52. The summed E-state index contributed by atoms with van der Waals surface area (Å²) in [7, 11) is -3.47. The van der Waals surface area contributed by atoms with E-state index in [1.54, 1.807) is 27.4 Å². The molecule has 0 aromatic heterocycles. The summed E-state index contributed by atoms with van der Waals surface area (Å²) in [5.41, 5.74) is 2.76. The quantitative estimate of drug-likeness (QED) is 0.778. The van der Waals surface area contributed by atoms with Crippen molar-refractivity contribution >= 4 is 21.6 Å². The van der Waals surface area contributed by atoms with Gasteiger partial charge in [-0.2, -0.15) is 4.31 Å². The number of ether oxygens (including phenoxy) is 1. The van der Waals surface area contributed by atoms with Crippen molar-refractivity contribution in [2.75, 3.05) is 24.5 Å². The maximum atomic E-state index is 13.1. The average Bonchev–Trinajstić information content (AvgIpc) is 3.37. The molecule has 6 nitrogen and oxygen atoms in total. The summed E-state index contributed by atoms with van der Waals surface area (Å²) in [5.74, 6) is 0.708. The van der Waals surface area contributed by atoms with Gasteiger partial charge < -0.3 is 9.64 Å². The number of fused-ring (bicyclic) bond motifs is 2. The number of rotatable bonds is 3. The molecule has 0 radical (unpaired) electrons. The Hall–Kier alpha value is -2.38. The summed E-state index contributed by atoms with van der Waals surface area (Å²) >= 11 is 0. The predicted molar refractivity (Wildman–Crippen MR) is 110 cm³/mol. The van der Waals surface area contributed by atoms with Crippen molar-refractivity contribution < 1.29 is 17.9 Å². The lowest BCUT2D eigenvalue weighted by atomic mass is 10.1. The van der Waals surface area contributed by atoms with Crippen molar-refractivity contribution in [3.8, 4) is 5.75 Å². The number of hydrogen-bond acceptors (Lipinski definition) is 4. The molecule has 1 saturated heterocycles. The molecule has 0 aliphatic carbocycles.